The average Bonchev–Trinajstić information content (AvgIpc) is 3.23. The monoisotopic (exact) mass is 722 g/mol. The highest BCUT2D eigenvalue weighted by molar-refractivity contribution is 6.16. The quantitative estimate of drug-likeness (QED) is 0.170. The molecule has 0 fully saturated rings. The Kier molecular flexibility index (Phi) is 8.07. The number of aryl methyl sites for hydroxylation is 4. The van der Waals surface area contributed by atoms with Crippen LogP contribution in [0.15, 0.2) is 133 Å². The van der Waals surface area contributed by atoms with Crippen LogP contribution in [-0.4, -0.2) is 29.9 Å². The highest BCUT2D eigenvalue weighted by atomic mass is 15.0. The molecule has 0 aliphatic heterocycles. The van der Waals surface area contributed by atoms with Gasteiger partial charge in [0, 0.05) is 33.7 Å². The molecule has 6 heteroatoms. The van der Waals surface area contributed by atoms with Gasteiger partial charge in [0.05, 0.1) is 0 Å². The van der Waals surface area contributed by atoms with Gasteiger partial charge in [-0.25, -0.2) is 29.9 Å². The van der Waals surface area contributed by atoms with Crippen LogP contribution in [0.3, 0.4) is 0 Å². The second-order valence-electron chi connectivity index (χ2n) is 15.0. The third-order valence-corrected chi connectivity index (χ3v) is 11.0. The Labute approximate surface area is 325 Å². The van der Waals surface area contributed by atoms with E-state index in [4.69, 9.17) is 29.9 Å². The lowest BCUT2D eigenvalue weighted by atomic mass is 9.82. The summed E-state index contributed by atoms with van der Waals surface area (Å²) in [6.07, 6.45) is 3.12. The summed E-state index contributed by atoms with van der Waals surface area (Å²) >= 11 is 0. The summed E-state index contributed by atoms with van der Waals surface area (Å²) in [5.41, 5.74) is 10.8. The van der Waals surface area contributed by atoms with Crippen molar-refractivity contribution in [1.82, 2.24) is 29.9 Å². The molecule has 10 rings (SSSR count). The van der Waals surface area contributed by atoms with E-state index < -0.39 is 0 Å². The fraction of sp³-hybridized carbons (Fsp3) is 0.120. The molecule has 0 radical (unpaired) electrons. The predicted octanol–water partition coefficient (Wildman–Crippen LogP) is 11.0. The largest absolute Gasteiger partial charge is 0.212 e. The molecule has 0 N–H and O–H groups in total. The van der Waals surface area contributed by atoms with Gasteiger partial charge in [0.25, 0.3) is 0 Å². The smallest absolute Gasteiger partial charge is 0.164 e. The second-order valence-corrected chi connectivity index (χ2v) is 15.0. The first-order valence-corrected chi connectivity index (χ1v) is 19.1. The number of benzene rings is 7. The maximum atomic E-state index is 5.20. The topological polar surface area (TPSA) is 77.3 Å². The van der Waals surface area contributed by atoms with Crippen LogP contribution in [0.25, 0.3) is 84.6 Å². The molecule has 0 saturated heterocycles. The summed E-state index contributed by atoms with van der Waals surface area (Å²) in [7, 11) is 0. The zero-order valence-corrected chi connectivity index (χ0v) is 31.7. The first kappa shape index (κ1) is 33.6. The minimum Gasteiger partial charge on any atom is -0.212 e. The molecule has 1 atom stereocenters. The van der Waals surface area contributed by atoms with E-state index in [2.05, 4.69) is 167 Å². The molecule has 268 valence electrons. The molecule has 0 amide bonds. The maximum Gasteiger partial charge on any atom is 0.164 e. The SMILES string of the molecule is Cc1ccc(-c2nc(-c3ccc(C)cc3)nc(-c3ccc4ccc5c6c(ccc3c46)=CCC5c3nc(-c4ccc(C)cc4)nc(-c4ccc(C)cc4)n3)n2)cc1. The summed E-state index contributed by atoms with van der Waals surface area (Å²) in [6, 6.07) is 46.9. The summed E-state index contributed by atoms with van der Waals surface area (Å²) in [5, 5.41) is 5.90. The van der Waals surface area contributed by atoms with E-state index in [9.17, 15) is 0 Å². The Morgan fingerprint density at radius 1 is 0.393 bits per heavy atom. The number of nitrogens with zero attached hydrogens (tertiary/aromatic N) is 6. The first-order valence-electron chi connectivity index (χ1n) is 19.1. The maximum absolute atomic E-state index is 5.20. The highest BCUT2D eigenvalue weighted by Gasteiger charge is 2.26. The van der Waals surface area contributed by atoms with Gasteiger partial charge in [-0.05, 0) is 72.5 Å². The highest BCUT2D eigenvalue weighted by Crippen LogP contribution is 2.41. The van der Waals surface area contributed by atoms with Crippen molar-refractivity contribution < 1.29 is 0 Å². The van der Waals surface area contributed by atoms with Crippen molar-refractivity contribution in [1.29, 1.82) is 0 Å². The van der Waals surface area contributed by atoms with Crippen LogP contribution in [-0.2, 0) is 0 Å². The number of hydrogen-bond acceptors (Lipinski definition) is 6. The van der Waals surface area contributed by atoms with Crippen LogP contribution in [0.5, 0.6) is 0 Å². The first-order chi connectivity index (χ1) is 27.3. The van der Waals surface area contributed by atoms with Crippen molar-refractivity contribution in [3.8, 4) is 56.9 Å². The van der Waals surface area contributed by atoms with Crippen LogP contribution in [0.2, 0.25) is 0 Å². The Morgan fingerprint density at radius 3 is 1.30 bits per heavy atom. The Balaban J connectivity index is 1.15. The third-order valence-electron chi connectivity index (χ3n) is 11.0. The lowest BCUT2D eigenvalue weighted by molar-refractivity contribution is 0.762. The molecule has 1 unspecified atom stereocenters. The Morgan fingerprint density at radius 2 is 0.821 bits per heavy atom. The van der Waals surface area contributed by atoms with Crippen LogP contribution < -0.4 is 5.22 Å². The van der Waals surface area contributed by atoms with E-state index >= 15 is 0 Å². The second kappa shape index (κ2) is 13.4. The molecular formula is C50H38N6. The standard InChI is InChI=1S/C50H38N6/c1-29-5-13-35(14-6-29)45-51-46(36-15-7-30(2)8-16-36)54-49(53-45)41-27-23-33-22-26-40-42(28-24-34-21-25-39(41)43(33)44(34)40)50-55-47(37-17-9-31(3)10-18-37)52-48(56-50)38-19-11-32(4)12-20-38/h5-27,42H,28H2,1-4H3. The van der Waals surface area contributed by atoms with Gasteiger partial charge in [-0.1, -0.05) is 156 Å². The Bertz CT molecular complexity index is 2880. The predicted molar refractivity (Wildman–Crippen MR) is 227 cm³/mol. The van der Waals surface area contributed by atoms with Gasteiger partial charge in [-0.2, -0.15) is 0 Å². The van der Waals surface area contributed by atoms with E-state index in [-0.39, 0.29) is 5.92 Å². The van der Waals surface area contributed by atoms with Gasteiger partial charge >= 0.3 is 0 Å². The molecule has 9 aromatic rings. The lowest BCUT2D eigenvalue weighted by Crippen LogP contribution is -2.17. The number of hydrogen-bond donors (Lipinski definition) is 0. The van der Waals surface area contributed by atoms with Crippen molar-refractivity contribution in [2.75, 3.05) is 0 Å². The minimum atomic E-state index is -0.0593. The van der Waals surface area contributed by atoms with E-state index in [0.717, 1.165) is 45.4 Å². The van der Waals surface area contributed by atoms with Crippen LogP contribution >= 0.6 is 0 Å². The fourth-order valence-corrected chi connectivity index (χ4v) is 7.85. The van der Waals surface area contributed by atoms with Crippen molar-refractivity contribution >= 4 is 27.6 Å². The van der Waals surface area contributed by atoms with Crippen molar-refractivity contribution in [3.63, 3.8) is 0 Å². The molecule has 7 aromatic carbocycles. The van der Waals surface area contributed by atoms with Gasteiger partial charge in [-0.15, -0.1) is 0 Å². The zero-order valence-electron chi connectivity index (χ0n) is 31.7. The van der Waals surface area contributed by atoms with E-state index in [1.165, 1.54) is 49.2 Å². The molecule has 0 bridgehead atoms. The summed E-state index contributed by atoms with van der Waals surface area (Å²) in [6.45, 7) is 8.37. The van der Waals surface area contributed by atoms with Gasteiger partial charge < -0.3 is 0 Å². The molecule has 1 aliphatic rings. The van der Waals surface area contributed by atoms with Crippen molar-refractivity contribution in [2.45, 2.75) is 40.0 Å². The molecule has 0 spiro atoms. The molecule has 0 saturated carbocycles. The summed E-state index contributed by atoms with van der Waals surface area (Å²) in [4.78, 5) is 30.7. The molecule has 1 aliphatic carbocycles. The molecule has 2 heterocycles. The van der Waals surface area contributed by atoms with Crippen LogP contribution in [0.1, 0.15) is 46.0 Å². The zero-order chi connectivity index (χ0) is 37.9. The van der Waals surface area contributed by atoms with E-state index in [0.29, 0.717) is 29.1 Å². The molecular weight excluding hydrogens is 685 g/mol. The van der Waals surface area contributed by atoms with Crippen molar-refractivity contribution in [3.05, 3.63) is 172 Å². The number of aromatic nitrogens is 6. The number of rotatable bonds is 6. The Hall–Kier alpha value is -6.92. The molecule has 6 nitrogen and oxygen atoms in total. The normalized spacial score (nSPS) is 13.6. The third kappa shape index (κ3) is 6.00. The van der Waals surface area contributed by atoms with Crippen LogP contribution in [0.4, 0.5) is 0 Å². The van der Waals surface area contributed by atoms with Gasteiger partial charge in [-0.3, -0.25) is 0 Å². The van der Waals surface area contributed by atoms with Crippen molar-refractivity contribution in [2.24, 2.45) is 0 Å². The summed E-state index contributed by atoms with van der Waals surface area (Å²) < 4.78 is 0. The van der Waals surface area contributed by atoms with Gasteiger partial charge in [0.15, 0.2) is 29.1 Å². The minimum absolute atomic E-state index is 0.0593. The average molecular weight is 723 g/mol. The van der Waals surface area contributed by atoms with E-state index in [1.807, 2.05) is 0 Å². The van der Waals surface area contributed by atoms with Gasteiger partial charge in [0.1, 0.15) is 5.82 Å². The van der Waals surface area contributed by atoms with E-state index in [1.54, 1.807) is 0 Å². The van der Waals surface area contributed by atoms with Gasteiger partial charge in [0.2, 0.25) is 0 Å². The van der Waals surface area contributed by atoms with Crippen LogP contribution in [0, 0.1) is 27.7 Å². The molecule has 2 aromatic heterocycles. The lowest BCUT2D eigenvalue weighted by Gasteiger charge is -2.23. The summed E-state index contributed by atoms with van der Waals surface area (Å²) in [5.74, 6) is 4.02. The molecule has 56 heavy (non-hydrogen) atoms. The fourth-order valence-electron chi connectivity index (χ4n) is 7.85.